The second kappa shape index (κ2) is 9.18. The number of nitrogens with zero attached hydrogens (tertiary/aromatic N) is 4. The van der Waals surface area contributed by atoms with Crippen molar-refractivity contribution < 1.29 is 18.4 Å². The molecule has 2 amide bonds. The predicted molar refractivity (Wildman–Crippen MR) is 113 cm³/mol. The van der Waals surface area contributed by atoms with Crippen molar-refractivity contribution in [1.29, 1.82) is 0 Å². The zero-order valence-electron chi connectivity index (χ0n) is 16.9. The van der Waals surface area contributed by atoms with E-state index in [2.05, 4.69) is 9.88 Å². The van der Waals surface area contributed by atoms with Gasteiger partial charge in [0.25, 0.3) is 5.91 Å². The maximum atomic E-state index is 13.9. The Morgan fingerprint density at radius 1 is 0.935 bits per heavy atom. The standard InChI is InChI=1S/C22H23ClF2N4O2/c23-16-1-4-20(26-14-16)27-9-11-29(12-10-27)21(30)15-5-7-28(8-6-15)22(31)18-3-2-17(24)13-19(18)25/h1-4,13-15H,5-12H2. The van der Waals surface area contributed by atoms with Crippen LogP contribution >= 0.6 is 11.6 Å². The molecule has 0 atom stereocenters. The number of amides is 2. The Morgan fingerprint density at radius 2 is 1.65 bits per heavy atom. The van der Waals surface area contributed by atoms with Crippen LogP contribution < -0.4 is 4.90 Å². The Balaban J connectivity index is 1.28. The summed E-state index contributed by atoms with van der Waals surface area (Å²) < 4.78 is 27.0. The third kappa shape index (κ3) is 4.79. The summed E-state index contributed by atoms with van der Waals surface area (Å²) in [7, 11) is 0. The fourth-order valence-electron chi connectivity index (χ4n) is 4.13. The zero-order valence-corrected chi connectivity index (χ0v) is 17.7. The molecule has 4 rings (SSSR count). The molecule has 0 radical (unpaired) electrons. The van der Waals surface area contributed by atoms with Gasteiger partial charge in [0.05, 0.1) is 10.6 Å². The summed E-state index contributed by atoms with van der Waals surface area (Å²) in [4.78, 5) is 35.4. The Hall–Kier alpha value is -2.74. The molecule has 3 heterocycles. The number of hydrogen-bond donors (Lipinski definition) is 0. The average molecular weight is 449 g/mol. The number of likely N-dealkylation sites (tertiary alicyclic amines) is 1. The highest BCUT2D eigenvalue weighted by Crippen LogP contribution is 2.24. The van der Waals surface area contributed by atoms with E-state index in [1.54, 1.807) is 12.3 Å². The van der Waals surface area contributed by atoms with Crippen LogP contribution in [-0.4, -0.2) is 65.9 Å². The number of aromatic nitrogens is 1. The highest BCUT2D eigenvalue weighted by atomic mass is 35.5. The second-order valence-electron chi connectivity index (χ2n) is 7.84. The van der Waals surface area contributed by atoms with Crippen LogP contribution in [0.5, 0.6) is 0 Å². The van der Waals surface area contributed by atoms with Crippen LogP contribution in [-0.2, 0) is 4.79 Å². The van der Waals surface area contributed by atoms with Crippen molar-refractivity contribution in [2.75, 3.05) is 44.2 Å². The minimum absolute atomic E-state index is 0.101. The lowest BCUT2D eigenvalue weighted by molar-refractivity contribution is -0.137. The molecule has 164 valence electrons. The van der Waals surface area contributed by atoms with Gasteiger partial charge < -0.3 is 14.7 Å². The number of hydrogen-bond acceptors (Lipinski definition) is 4. The molecule has 0 unspecified atom stereocenters. The number of pyridine rings is 1. The van der Waals surface area contributed by atoms with Gasteiger partial charge in [-0.3, -0.25) is 9.59 Å². The Kier molecular flexibility index (Phi) is 6.36. The molecule has 0 saturated carbocycles. The summed E-state index contributed by atoms with van der Waals surface area (Å²) in [5.41, 5.74) is -0.141. The largest absolute Gasteiger partial charge is 0.353 e. The van der Waals surface area contributed by atoms with E-state index < -0.39 is 17.5 Å². The molecular weight excluding hydrogens is 426 g/mol. The van der Waals surface area contributed by atoms with Gasteiger partial charge >= 0.3 is 0 Å². The zero-order chi connectivity index (χ0) is 22.0. The Labute approximate surface area is 184 Å². The van der Waals surface area contributed by atoms with E-state index in [9.17, 15) is 18.4 Å². The molecule has 0 bridgehead atoms. The molecular formula is C22H23ClF2N4O2. The maximum Gasteiger partial charge on any atom is 0.256 e. The number of piperidine rings is 1. The van der Waals surface area contributed by atoms with E-state index in [4.69, 9.17) is 11.6 Å². The van der Waals surface area contributed by atoms with Gasteiger partial charge in [0, 0.05) is 57.4 Å². The maximum absolute atomic E-state index is 13.9. The van der Waals surface area contributed by atoms with Gasteiger partial charge in [-0.2, -0.15) is 0 Å². The number of benzene rings is 1. The van der Waals surface area contributed by atoms with Gasteiger partial charge in [0.15, 0.2) is 0 Å². The van der Waals surface area contributed by atoms with E-state index in [0.29, 0.717) is 63.2 Å². The second-order valence-corrected chi connectivity index (χ2v) is 8.27. The van der Waals surface area contributed by atoms with Gasteiger partial charge in [0.2, 0.25) is 5.91 Å². The van der Waals surface area contributed by atoms with Crippen LogP contribution in [0.25, 0.3) is 0 Å². The molecule has 0 aliphatic carbocycles. The molecule has 9 heteroatoms. The van der Waals surface area contributed by atoms with Crippen molar-refractivity contribution in [3.63, 3.8) is 0 Å². The summed E-state index contributed by atoms with van der Waals surface area (Å²) in [6.45, 7) is 3.37. The molecule has 0 spiro atoms. The van der Waals surface area contributed by atoms with Crippen LogP contribution in [0, 0.1) is 17.6 Å². The number of carbonyl (C=O) groups excluding carboxylic acids is 2. The molecule has 0 N–H and O–H groups in total. The first kappa shape index (κ1) is 21.5. The van der Waals surface area contributed by atoms with E-state index in [1.165, 1.54) is 11.0 Å². The summed E-state index contributed by atoms with van der Waals surface area (Å²) in [5, 5.41) is 0.588. The van der Waals surface area contributed by atoms with Crippen LogP contribution in [0.1, 0.15) is 23.2 Å². The first-order valence-corrected chi connectivity index (χ1v) is 10.7. The van der Waals surface area contributed by atoms with Crippen molar-refractivity contribution in [2.45, 2.75) is 12.8 Å². The topological polar surface area (TPSA) is 56.8 Å². The van der Waals surface area contributed by atoms with E-state index >= 15 is 0 Å². The fraction of sp³-hybridized carbons (Fsp3) is 0.409. The van der Waals surface area contributed by atoms with Crippen molar-refractivity contribution in [2.24, 2.45) is 5.92 Å². The van der Waals surface area contributed by atoms with Gasteiger partial charge in [-0.25, -0.2) is 13.8 Å². The first-order chi connectivity index (χ1) is 14.9. The molecule has 2 aliphatic rings. The molecule has 6 nitrogen and oxygen atoms in total. The van der Waals surface area contributed by atoms with Gasteiger partial charge in [0.1, 0.15) is 17.5 Å². The van der Waals surface area contributed by atoms with Gasteiger partial charge in [-0.1, -0.05) is 11.6 Å². The first-order valence-electron chi connectivity index (χ1n) is 10.3. The number of piperazine rings is 1. The molecule has 2 aromatic rings. The summed E-state index contributed by atoms with van der Waals surface area (Å²) >= 11 is 5.89. The molecule has 2 fully saturated rings. The lowest BCUT2D eigenvalue weighted by Crippen LogP contribution is -2.52. The fourth-order valence-corrected chi connectivity index (χ4v) is 4.24. The lowest BCUT2D eigenvalue weighted by atomic mass is 9.94. The Morgan fingerprint density at radius 3 is 2.26 bits per heavy atom. The summed E-state index contributed by atoms with van der Waals surface area (Å²) in [6.07, 6.45) is 2.68. The van der Waals surface area contributed by atoms with E-state index in [0.717, 1.165) is 11.9 Å². The molecule has 1 aromatic heterocycles. The minimum Gasteiger partial charge on any atom is -0.353 e. The van der Waals surface area contributed by atoms with Crippen molar-refractivity contribution in [3.05, 3.63) is 58.7 Å². The van der Waals surface area contributed by atoms with E-state index in [-0.39, 0.29) is 17.4 Å². The summed E-state index contributed by atoms with van der Waals surface area (Å²) in [6, 6.07) is 6.62. The monoisotopic (exact) mass is 448 g/mol. The van der Waals surface area contributed by atoms with Crippen LogP contribution in [0.15, 0.2) is 36.5 Å². The number of rotatable bonds is 3. The molecule has 31 heavy (non-hydrogen) atoms. The Bertz CT molecular complexity index is 956. The number of halogens is 3. The van der Waals surface area contributed by atoms with Crippen molar-refractivity contribution >= 4 is 29.2 Å². The van der Waals surface area contributed by atoms with Crippen LogP contribution in [0.2, 0.25) is 5.02 Å². The SMILES string of the molecule is O=C(c1ccc(F)cc1F)N1CCC(C(=O)N2CCN(c3ccc(Cl)cn3)CC2)CC1. The summed E-state index contributed by atoms with van der Waals surface area (Å²) in [5.74, 6) is -1.25. The van der Waals surface area contributed by atoms with E-state index in [1.807, 2.05) is 11.0 Å². The molecule has 2 saturated heterocycles. The van der Waals surface area contributed by atoms with Crippen LogP contribution in [0.4, 0.5) is 14.6 Å². The lowest BCUT2D eigenvalue weighted by Gasteiger charge is -2.39. The third-order valence-electron chi connectivity index (χ3n) is 5.92. The predicted octanol–water partition coefficient (Wildman–Crippen LogP) is 3.21. The smallest absolute Gasteiger partial charge is 0.256 e. The molecule has 2 aliphatic heterocycles. The highest BCUT2D eigenvalue weighted by Gasteiger charge is 2.32. The molecule has 1 aromatic carbocycles. The number of anilines is 1. The number of carbonyl (C=O) groups is 2. The van der Waals surface area contributed by atoms with Gasteiger partial charge in [-0.05, 0) is 37.1 Å². The minimum atomic E-state index is -0.865. The quantitative estimate of drug-likeness (QED) is 0.723. The van der Waals surface area contributed by atoms with Crippen LogP contribution in [0.3, 0.4) is 0 Å². The normalized spacial score (nSPS) is 17.7. The van der Waals surface area contributed by atoms with Crippen molar-refractivity contribution in [3.8, 4) is 0 Å². The third-order valence-corrected chi connectivity index (χ3v) is 6.14. The highest BCUT2D eigenvalue weighted by molar-refractivity contribution is 6.30. The average Bonchev–Trinajstić information content (AvgIpc) is 2.79. The van der Waals surface area contributed by atoms with Gasteiger partial charge in [-0.15, -0.1) is 0 Å². The van der Waals surface area contributed by atoms with Crippen molar-refractivity contribution in [1.82, 2.24) is 14.8 Å².